The van der Waals surface area contributed by atoms with E-state index in [4.69, 9.17) is 10.6 Å². The van der Waals surface area contributed by atoms with Gasteiger partial charge in [-0.15, -0.1) is 0 Å². The van der Waals surface area contributed by atoms with Gasteiger partial charge in [-0.1, -0.05) is 12.1 Å². The Morgan fingerprint density at radius 2 is 2.10 bits per heavy atom. The number of hydrogen-bond donors (Lipinski definition) is 3. The number of ether oxygens (including phenoxy) is 2. The molecule has 0 heterocycles. The van der Waals surface area contributed by atoms with E-state index in [1.165, 1.54) is 6.07 Å². The first kappa shape index (κ1) is 16.1. The fourth-order valence-corrected chi connectivity index (χ4v) is 1.50. The van der Waals surface area contributed by atoms with Gasteiger partial charge in [-0.25, -0.2) is 10.8 Å². The van der Waals surface area contributed by atoms with Gasteiger partial charge in [0.2, 0.25) is 5.96 Å². The molecular weight excluding hydrogens is 270 g/mol. The molecular formula is C12H18F2N4O2. The molecule has 0 aliphatic rings. The number of anilines is 1. The minimum Gasteiger partial charge on any atom is -0.433 e. The van der Waals surface area contributed by atoms with Crippen molar-refractivity contribution in [2.45, 2.75) is 19.6 Å². The van der Waals surface area contributed by atoms with Crippen molar-refractivity contribution in [2.24, 2.45) is 10.8 Å². The minimum atomic E-state index is -2.91. The molecule has 0 fully saturated rings. The number of guanidine groups is 1. The smallest absolute Gasteiger partial charge is 0.387 e. The monoisotopic (exact) mass is 288 g/mol. The fourth-order valence-electron chi connectivity index (χ4n) is 1.50. The summed E-state index contributed by atoms with van der Waals surface area (Å²) in [6.45, 7) is -0.678. The zero-order valence-electron chi connectivity index (χ0n) is 11.3. The standard InChI is InChI=1S/C12H18F2N4O2/c1-8(7-19-2)16-12(18-15)17-9-5-3-4-6-10(9)20-11(13)14/h3-6,8,11H,7,15H2,1-2H3,(H2,16,17,18). The van der Waals surface area contributed by atoms with Gasteiger partial charge in [0.05, 0.1) is 18.3 Å². The van der Waals surface area contributed by atoms with E-state index in [1.807, 2.05) is 6.92 Å². The summed E-state index contributed by atoms with van der Waals surface area (Å²) in [5, 5.41) is 2.79. The number of hydrogen-bond acceptors (Lipinski definition) is 4. The number of alkyl halides is 2. The molecule has 1 unspecified atom stereocenters. The van der Waals surface area contributed by atoms with Crippen LogP contribution in [0.2, 0.25) is 0 Å². The summed E-state index contributed by atoms with van der Waals surface area (Å²) in [6.07, 6.45) is 0. The number of nitrogens with one attached hydrogen (secondary N) is 2. The molecule has 4 N–H and O–H groups in total. The molecule has 1 atom stereocenters. The Bertz CT molecular complexity index is 443. The Kier molecular flexibility index (Phi) is 6.68. The van der Waals surface area contributed by atoms with E-state index < -0.39 is 6.61 Å². The van der Waals surface area contributed by atoms with E-state index >= 15 is 0 Å². The second kappa shape index (κ2) is 8.28. The van der Waals surface area contributed by atoms with Crippen molar-refractivity contribution in [2.75, 3.05) is 19.0 Å². The first-order valence-electron chi connectivity index (χ1n) is 5.91. The number of rotatable bonds is 6. The molecule has 112 valence electrons. The molecule has 0 aliphatic heterocycles. The molecule has 1 aromatic rings. The van der Waals surface area contributed by atoms with Crippen molar-refractivity contribution in [3.63, 3.8) is 0 Å². The maximum Gasteiger partial charge on any atom is 0.387 e. The first-order valence-corrected chi connectivity index (χ1v) is 5.91. The van der Waals surface area contributed by atoms with Gasteiger partial charge in [0.1, 0.15) is 5.75 Å². The summed E-state index contributed by atoms with van der Waals surface area (Å²) in [7, 11) is 1.56. The minimum absolute atomic E-state index is 0.00449. The molecule has 0 amide bonds. The molecule has 0 bridgehead atoms. The van der Waals surface area contributed by atoms with Crippen LogP contribution in [-0.4, -0.2) is 32.3 Å². The first-order chi connectivity index (χ1) is 9.56. The summed E-state index contributed by atoms with van der Waals surface area (Å²) in [5.74, 6) is 5.57. The van der Waals surface area contributed by atoms with Gasteiger partial charge in [-0.2, -0.15) is 8.78 Å². The van der Waals surface area contributed by atoms with Crippen molar-refractivity contribution in [3.8, 4) is 5.75 Å². The van der Waals surface area contributed by atoms with E-state index in [0.29, 0.717) is 12.3 Å². The molecule has 0 aliphatic carbocycles. The molecule has 20 heavy (non-hydrogen) atoms. The third kappa shape index (κ3) is 5.37. The number of halogens is 2. The van der Waals surface area contributed by atoms with Crippen molar-refractivity contribution >= 4 is 11.6 Å². The van der Waals surface area contributed by atoms with Gasteiger partial charge >= 0.3 is 6.61 Å². The molecule has 8 heteroatoms. The fraction of sp³-hybridized carbons (Fsp3) is 0.417. The van der Waals surface area contributed by atoms with Crippen LogP contribution in [0.3, 0.4) is 0 Å². The quantitative estimate of drug-likeness (QED) is 0.320. The SMILES string of the molecule is COCC(C)N=C(NN)Nc1ccccc1OC(F)F. The summed E-state index contributed by atoms with van der Waals surface area (Å²) >= 11 is 0. The number of benzene rings is 1. The van der Waals surface area contributed by atoms with Crippen molar-refractivity contribution in [1.82, 2.24) is 5.43 Å². The maximum atomic E-state index is 12.3. The normalized spacial score (nSPS) is 13.2. The Hall–Kier alpha value is -1.93. The second-order valence-electron chi connectivity index (χ2n) is 3.93. The molecule has 0 saturated carbocycles. The zero-order chi connectivity index (χ0) is 15.0. The maximum absolute atomic E-state index is 12.3. The van der Waals surface area contributed by atoms with Crippen molar-refractivity contribution in [1.29, 1.82) is 0 Å². The van der Waals surface area contributed by atoms with Crippen LogP contribution in [0.5, 0.6) is 5.75 Å². The van der Waals surface area contributed by atoms with E-state index in [1.54, 1.807) is 25.3 Å². The van der Waals surface area contributed by atoms with Crippen LogP contribution >= 0.6 is 0 Å². The van der Waals surface area contributed by atoms with Gasteiger partial charge in [0.25, 0.3) is 0 Å². The predicted molar refractivity (Wildman–Crippen MR) is 72.8 cm³/mol. The van der Waals surface area contributed by atoms with Crippen LogP contribution in [0.25, 0.3) is 0 Å². The third-order valence-electron chi connectivity index (χ3n) is 2.25. The van der Waals surface area contributed by atoms with Crippen LogP contribution in [-0.2, 0) is 4.74 Å². The van der Waals surface area contributed by atoms with Crippen molar-refractivity contribution in [3.05, 3.63) is 24.3 Å². The Morgan fingerprint density at radius 1 is 1.40 bits per heavy atom. The molecule has 1 aromatic carbocycles. The number of aliphatic imine (C=N–C) groups is 1. The third-order valence-corrected chi connectivity index (χ3v) is 2.25. The lowest BCUT2D eigenvalue weighted by Gasteiger charge is -2.15. The lowest BCUT2D eigenvalue weighted by atomic mass is 10.3. The number of hydrazine groups is 1. The van der Waals surface area contributed by atoms with Crippen LogP contribution in [0.15, 0.2) is 29.3 Å². The Morgan fingerprint density at radius 3 is 2.70 bits per heavy atom. The number of nitrogens with two attached hydrogens (primary N) is 1. The lowest BCUT2D eigenvalue weighted by Crippen LogP contribution is -2.37. The van der Waals surface area contributed by atoms with Gasteiger partial charge in [0.15, 0.2) is 0 Å². The van der Waals surface area contributed by atoms with Crippen LogP contribution in [0.4, 0.5) is 14.5 Å². The molecule has 0 saturated heterocycles. The van der Waals surface area contributed by atoms with Crippen LogP contribution in [0.1, 0.15) is 6.92 Å². The van der Waals surface area contributed by atoms with E-state index in [9.17, 15) is 8.78 Å². The number of para-hydroxylation sites is 2. The van der Waals surface area contributed by atoms with E-state index in [-0.39, 0.29) is 17.8 Å². The van der Waals surface area contributed by atoms with Gasteiger partial charge in [-0.3, -0.25) is 5.43 Å². The Labute approximate surface area is 115 Å². The van der Waals surface area contributed by atoms with E-state index in [2.05, 4.69) is 20.5 Å². The lowest BCUT2D eigenvalue weighted by molar-refractivity contribution is -0.0493. The largest absolute Gasteiger partial charge is 0.433 e. The summed E-state index contributed by atoms with van der Waals surface area (Å²) < 4.78 is 33.9. The molecule has 1 rings (SSSR count). The molecule has 6 nitrogen and oxygen atoms in total. The highest BCUT2D eigenvalue weighted by atomic mass is 19.3. The molecule has 0 spiro atoms. The molecule has 0 aromatic heterocycles. The zero-order valence-corrected chi connectivity index (χ0v) is 11.3. The average Bonchev–Trinajstić information content (AvgIpc) is 2.39. The van der Waals surface area contributed by atoms with Crippen molar-refractivity contribution < 1.29 is 18.3 Å². The van der Waals surface area contributed by atoms with Gasteiger partial charge in [0, 0.05) is 7.11 Å². The Balaban J connectivity index is 2.84. The number of methoxy groups -OCH3 is 1. The highest BCUT2D eigenvalue weighted by Gasteiger charge is 2.10. The molecule has 0 radical (unpaired) electrons. The van der Waals surface area contributed by atoms with Gasteiger partial charge in [-0.05, 0) is 19.1 Å². The van der Waals surface area contributed by atoms with Crippen LogP contribution < -0.4 is 21.3 Å². The number of nitrogens with zero attached hydrogens (tertiary/aromatic N) is 1. The second-order valence-corrected chi connectivity index (χ2v) is 3.93. The highest BCUT2D eigenvalue weighted by molar-refractivity contribution is 5.94. The van der Waals surface area contributed by atoms with E-state index in [0.717, 1.165) is 0 Å². The average molecular weight is 288 g/mol. The van der Waals surface area contributed by atoms with Gasteiger partial charge < -0.3 is 14.8 Å². The summed E-state index contributed by atoms with van der Waals surface area (Å²) in [5.41, 5.74) is 2.69. The predicted octanol–water partition coefficient (Wildman–Crippen LogP) is 1.55. The topological polar surface area (TPSA) is 80.9 Å². The van der Waals surface area contributed by atoms with Crippen LogP contribution in [0, 0.1) is 0 Å². The summed E-state index contributed by atoms with van der Waals surface area (Å²) in [4.78, 5) is 4.20. The summed E-state index contributed by atoms with van der Waals surface area (Å²) in [6, 6.07) is 6.10. The highest BCUT2D eigenvalue weighted by Crippen LogP contribution is 2.25.